The van der Waals surface area contributed by atoms with E-state index < -0.39 is 28.7 Å². The summed E-state index contributed by atoms with van der Waals surface area (Å²) in [4.78, 5) is 45.7. The zero-order valence-corrected chi connectivity index (χ0v) is 24.6. The number of ether oxygens (including phenoxy) is 2. The van der Waals surface area contributed by atoms with E-state index in [9.17, 15) is 19.5 Å². The van der Waals surface area contributed by atoms with Gasteiger partial charge in [0, 0.05) is 17.5 Å². The van der Waals surface area contributed by atoms with E-state index in [-0.39, 0.29) is 48.7 Å². The van der Waals surface area contributed by atoms with Crippen LogP contribution in [-0.2, 0) is 19.1 Å². The summed E-state index contributed by atoms with van der Waals surface area (Å²) >= 11 is 1.60. The number of methoxy groups -OCH3 is 1. The molecule has 8 nitrogen and oxygen atoms in total. The van der Waals surface area contributed by atoms with Crippen LogP contribution in [0.15, 0.2) is 49.6 Å². The Labute approximate surface area is 241 Å². The largest absolute Gasteiger partial charge is 0.497 e. The molecule has 0 aliphatic carbocycles. The van der Waals surface area contributed by atoms with Gasteiger partial charge in [0.25, 0.3) is 5.91 Å². The number of amides is 2. The number of thioether (sulfide) groups is 1. The molecule has 2 amide bonds. The molecular weight excluding hydrogens is 528 g/mol. The van der Waals surface area contributed by atoms with Crippen molar-refractivity contribution in [1.82, 2.24) is 4.90 Å². The third kappa shape index (κ3) is 5.18. The van der Waals surface area contributed by atoms with Crippen molar-refractivity contribution in [2.75, 3.05) is 31.8 Å². The van der Waals surface area contributed by atoms with Gasteiger partial charge in [-0.25, -0.2) is 0 Å². The topological polar surface area (TPSA) is 96.4 Å². The molecule has 4 rings (SSSR count). The van der Waals surface area contributed by atoms with Crippen LogP contribution in [0.1, 0.15) is 46.0 Å². The van der Waals surface area contributed by atoms with Crippen LogP contribution in [0.4, 0.5) is 5.69 Å². The molecule has 3 aliphatic rings. The van der Waals surface area contributed by atoms with E-state index in [1.165, 1.54) is 0 Å². The van der Waals surface area contributed by atoms with E-state index >= 15 is 0 Å². The van der Waals surface area contributed by atoms with Gasteiger partial charge in [0.2, 0.25) is 5.91 Å². The standard InChI is InChI=1S/C31H42N2O6S/c1-6-9-10-18-39-30(37)25-24-15-16-31(40-24)26(25)28(35)33(23(19-34)20(4)8-3)27(31)29(36)32(17-7-2)21-11-13-22(38-5)14-12-21/h6-7,11-14,20,23-27,34H,1-2,8-10,15-19H2,3-5H3/t20-,23-,24-,25+,26-,27?,31?/m0/s1. The second kappa shape index (κ2) is 12.8. The predicted molar refractivity (Wildman–Crippen MR) is 157 cm³/mol. The molecule has 0 saturated carbocycles. The molecule has 3 fully saturated rings. The van der Waals surface area contributed by atoms with Gasteiger partial charge >= 0.3 is 5.97 Å². The normalized spacial score (nSPS) is 28.1. The summed E-state index contributed by atoms with van der Waals surface area (Å²) in [5, 5.41) is 10.5. The molecule has 2 bridgehead atoms. The summed E-state index contributed by atoms with van der Waals surface area (Å²) in [6.07, 6.45) is 6.98. The Kier molecular flexibility index (Phi) is 9.67. The number of hydrogen-bond donors (Lipinski definition) is 1. The molecule has 1 spiro atoms. The molecule has 0 aromatic heterocycles. The van der Waals surface area contributed by atoms with Crippen LogP contribution in [0.25, 0.3) is 0 Å². The average molecular weight is 571 g/mol. The van der Waals surface area contributed by atoms with Crippen molar-refractivity contribution in [1.29, 1.82) is 0 Å². The van der Waals surface area contributed by atoms with Crippen molar-refractivity contribution >= 4 is 35.2 Å². The van der Waals surface area contributed by atoms with E-state index in [1.807, 2.05) is 26.0 Å². The van der Waals surface area contributed by atoms with E-state index in [0.29, 0.717) is 24.3 Å². The monoisotopic (exact) mass is 570 g/mol. The maximum atomic E-state index is 14.7. The Morgan fingerprint density at radius 3 is 2.60 bits per heavy atom. The lowest BCUT2D eigenvalue weighted by Crippen LogP contribution is -2.58. The number of hydrogen-bond acceptors (Lipinski definition) is 7. The number of aliphatic hydroxyl groups excluding tert-OH is 1. The van der Waals surface area contributed by atoms with Gasteiger partial charge in [0.15, 0.2) is 0 Å². The highest BCUT2D eigenvalue weighted by Gasteiger charge is 2.75. The number of aliphatic hydroxyl groups is 1. The predicted octanol–water partition coefficient (Wildman–Crippen LogP) is 4.22. The van der Waals surface area contributed by atoms with Crippen molar-refractivity contribution in [3.8, 4) is 5.75 Å². The minimum Gasteiger partial charge on any atom is -0.497 e. The smallest absolute Gasteiger partial charge is 0.310 e. The molecule has 1 aromatic carbocycles. The quantitative estimate of drug-likeness (QED) is 0.203. The number of benzene rings is 1. The number of allylic oxidation sites excluding steroid dienone is 1. The third-order valence-corrected chi connectivity index (χ3v) is 10.8. The number of esters is 1. The molecule has 0 radical (unpaired) electrons. The van der Waals surface area contributed by atoms with Crippen LogP contribution < -0.4 is 9.64 Å². The number of anilines is 1. The molecule has 2 unspecified atom stereocenters. The lowest BCUT2D eigenvalue weighted by molar-refractivity contribution is -0.154. The number of nitrogens with zero attached hydrogens (tertiary/aromatic N) is 2. The van der Waals surface area contributed by atoms with E-state index in [1.54, 1.807) is 53.0 Å². The number of likely N-dealkylation sites (tertiary alicyclic amines) is 1. The molecule has 1 aromatic rings. The third-order valence-electron chi connectivity index (χ3n) is 8.85. The van der Waals surface area contributed by atoms with Crippen LogP contribution in [-0.4, -0.2) is 76.7 Å². The number of carbonyl (C=O) groups is 3. The molecule has 7 atom stereocenters. The highest BCUT2D eigenvalue weighted by Crippen LogP contribution is 2.67. The minimum absolute atomic E-state index is 0.0418. The molecule has 9 heteroatoms. The number of unbranched alkanes of at least 4 members (excludes halogenated alkanes) is 1. The Balaban J connectivity index is 1.76. The first-order chi connectivity index (χ1) is 19.3. The Morgan fingerprint density at radius 2 is 2.00 bits per heavy atom. The SMILES string of the molecule is C=CCCCOC(=O)[C@@H]1[C@@H]2CCC3(S2)C(C(=O)N(CC=C)c2ccc(OC)cc2)N([C@@H](CO)[C@@H](C)CC)C(=O)[C@H]13. The molecule has 218 valence electrons. The van der Waals surface area contributed by atoms with Crippen LogP contribution >= 0.6 is 11.8 Å². The minimum atomic E-state index is -0.827. The average Bonchev–Trinajstić information content (AvgIpc) is 3.61. The lowest BCUT2D eigenvalue weighted by Gasteiger charge is -2.41. The van der Waals surface area contributed by atoms with Gasteiger partial charge in [0.05, 0.1) is 42.9 Å². The maximum Gasteiger partial charge on any atom is 0.310 e. The maximum absolute atomic E-state index is 14.7. The molecule has 3 heterocycles. The summed E-state index contributed by atoms with van der Waals surface area (Å²) in [5.41, 5.74) is 0.665. The van der Waals surface area contributed by atoms with Crippen molar-refractivity contribution in [2.24, 2.45) is 17.8 Å². The van der Waals surface area contributed by atoms with Gasteiger partial charge in [0.1, 0.15) is 11.8 Å². The highest BCUT2D eigenvalue weighted by atomic mass is 32.2. The van der Waals surface area contributed by atoms with Crippen LogP contribution in [0.5, 0.6) is 5.75 Å². The van der Waals surface area contributed by atoms with Gasteiger partial charge in [-0.15, -0.1) is 24.9 Å². The Morgan fingerprint density at radius 1 is 1.27 bits per heavy atom. The Bertz CT molecular complexity index is 1110. The first-order valence-electron chi connectivity index (χ1n) is 14.2. The molecule has 40 heavy (non-hydrogen) atoms. The zero-order chi connectivity index (χ0) is 29.0. The van der Waals surface area contributed by atoms with Crippen molar-refractivity contribution in [3.63, 3.8) is 0 Å². The summed E-state index contributed by atoms with van der Waals surface area (Å²) < 4.78 is 10.2. The van der Waals surface area contributed by atoms with Gasteiger partial charge in [-0.05, 0) is 55.9 Å². The molecule has 1 N–H and O–H groups in total. The fourth-order valence-corrected chi connectivity index (χ4v) is 8.86. The summed E-state index contributed by atoms with van der Waals surface area (Å²) in [6.45, 7) is 11.8. The van der Waals surface area contributed by atoms with Crippen molar-refractivity contribution in [2.45, 2.75) is 68.0 Å². The van der Waals surface area contributed by atoms with Crippen LogP contribution in [0.3, 0.4) is 0 Å². The van der Waals surface area contributed by atoms with Crippen LogP contribution in [0, 0.1) is 17.8 Å². The first kappa shape index (κ1) is 30.2. The summed E-state index contributed by atoms with van der Waals surface area (Å²) in [7, 11) is 1.58. The number of fused-ring (bicyclic) bond motifs is 1. The molecule has 3 saturated heterocycles. The second-order valence-corrected chi connectivity index (χ2v) is 12.6. The Hall–Kier alpha value is -2.78. The van der Waals surface area contributed by atoms with E-state index in [2.05, 4.69) is 13.2 Å². The lowest BCUT2D eigenvalue weighted by atomic mass is 9.71. The van der Waals surface area contributed by atoms with Crippen molar-refractivity contribution in [3.05, 3.63) is 49.6 Å². The van der Waals surface area contributed by atoms with Crippen LogP contribution in [0.2, 0.25) is 0 Å². The van der Waals surface area contributed by atoms with Gasteiger partial charge in [-0.3, -0.25) is 14.4 Å². The fraction of sp³-hybridized carbons (Fsp3) is 0.581. The highest BCUT2D eigenvalue weighted by molar-refractivity contribution is 8.02. The summed E-state index contributed by atoms with van der Waals surface area (Å²) in [6, 6.07) is 5.85. The van der Waals surface area contributed by atoms with Gasteiger partial charge in [-0.1, -0.05) is 32.4 Å². The number of rotatable bonds is 14. The van der Waals surface area contributed by atoms with E-state index in [0.717, 1.165) is 19.3 Å². The zero-order valence-electron chi connectivity index (χ0n) is 23.8. The molecular formula is C31H42N2O6S. The van der Waals surface area contributed by atoms with Gasteiger partial charge < -0.3 is 24.4 Å². The van der Waals surface area contributed by atoms with E-state index in [4.69, 9.17) is 9.47 Å². The molecule has 3 aliphatic heterocycles. The van der Waals surface area contributed by atoms with Crippen molar-refractivity contribution < 1.29 is 29.0 Å². The number of carbonyl (C=O) groups excluding carboxylic acids is 3. The second-order valence-electron chi connectivity index (χ2n) is 11.0. The summed E-state index contributed by atoms with van der Waals surface area (Å²) in [5.74, 6) is -1.47. The van der Waals surface area contributed by atoms with Gasteiger partial charge in [-0.2, -0.15) is 0 Å². The first-order valence-corrected chi connectivity index (χ1v) is 15.1. The fourth-order valence-electron chi connectivity index (χ4n) is 6.67.